The molecule has 10 heteroatoms. The Morgan fingerprint density at radius 3 is 2.37 bits per heavy atom. The number of aliphatic imine (C=N–C) groups is 1. The molecule has 216 valence electrons. The normalized spacial score (nSPS) is 15.0. The summed E-state index contributed by atoms with van der Waals surface area (Å²) in [6.07, 6.45) is 2.53. The van der Waals surface area contributed by atoms with E-state index in [1.807, 2.05) is 0 Å². The number of aromatic nitrogens is 1. The highest BCUT2D eigenvalue weighted by molar-refractivity contribution is 6.33. The Bertz CT molecular complexity index is 1510. The highest BCUT2D eigenvalue weighted by Crippen LogP contribution is 2.31. The molecule has 1 fully saturated rings. The van der Waals surface area contributed by atoms with Gasteiger partial charge in [-0.1, -0.05) is 44.2 Å². The number of likely N-dealkylation sites (N-methyl/N-ethyl adjacent to an activating group) is 1. The standard InChI is InChI=1S/C31H38ClN7O2/c1-6-20(3)28(34-23-9-11-24(12-10-23)39-16-14-37(4)15-17-39)35-29-21(7-2)18-26(31(41)38(29)5)25-13-8-22(19-27(25)32)30(40)36-33/h7-13,18-20H,2,6,14-17,33H2,1,3-5H3,(H,34,35)(H,36,40). The molecule has 1 saturated heterocycles. The summed E-state index contributed by atoms with van der Waals surface area (Å²) >= 11 is 6.49. The maximum Gasteiger partial charge on any atom is 0.265 e. The number of piperazine rings is 1. The van der Waals surface area contributed by atoms with E-state index in [0.717, 1.165) is 44.1 Å². The second-order valence-electron chi connectivity index (χ2n) is 10.3. The predicted octanol–water partition coefficient (Wildman–Crippen LogP) is 4.89. The van der Waals surface area contributed by atoms with Gasteiger partial charge in [-0.05, 0) is 55.9 Å². The number of hydrazine groups is 1. The fraction of sp³-hybridized carbons (Fsp3) is 0.323. The molecule has 3 aromatic rings. The molecule has 4 rings (SSSR count). The third-order valence-electron chi connectivity index (χ3n) is 7.60. The van der Waals surface area contributed by atoms with E-state index in [1.54, 1.807) is 31.3 Å². The van der Waals surface area contributed by atoms with E-state index < -0.39 is 5.91 Å². The molecule has 1 atom stereocenters. The van der Waals surface area contributed by atoms with Gasteiger partial charge in [-0.2, -0.15) is 0 Å². The topological polar surface area (TPSA) is 108 Å². The zero-order valence-electron chi connectivity index (χ0n) is 24.1. The van der Waals surface area contributed by atoms with Gasteiger partial charge in [0.2, 0.25) is 0 Å². The van der Waals surface area contributed by atoms with E-state index in [4.69, 9.17) is 22.4 Å². The quantitative estimate of drug-likeness (QED) is 0.116. The van der Waals surface area contributed by atoms with Crippen molar-refractivity contribution >= 4 is 46.6 Å². The molecule has 1 aromatic heterocycles. The highest BCUT2D eigenvalue weighted by Gasteiger charge is 2.19. The van der Waals surface area contributed by atoms with Gasteiger partial charge >= 0.3 is 0 Å². The first kappa shape index (κ1) is 30.0. The molecule has 41 heavy (non-hydrogen) atoms. The van der Waals surface area contributed by atoms with Gasteiger partial charge in [0.05, 0.1) is 0 Å². The number of amides is 1. The molecular formula is C31H38ClN7O2. The number of carbonyl (C=O) groups excluding carboxylic acids is 1. The number of benzene rings is 2. The Kier molecular flexibility index (Phi) is 9.65. The number of nitrogens with one attached hydrogen (secondary N) is 2. The van der Waals surface area contributed by atoms with Crippen molar-refractivity contribution in [2.24, 2.45) is 23.8 Å². The highest BCUT2D eigenvalue weighted by atomic mass is 35.5. The van der Waals surface area contributed by atoms with Crippen LogP contribution in [0.15, 0.2) is 64.9 Å². The van der Waals surface area contributed by atoms with Crippen LogP contribution < -0.4 is 27.0 Å². The van der Waals surface area contributed by atoms with Gasteiger partial charge in [0, 0.05) is 77.8 Å². The Morgan fingerprint density at radius 1 is 1.10 bits per heavy atom. The number of amidine groups is 1. The van der Waals surface area contributed by atoms with Crippen LogP contribution in [0.5, 0.6) is 0 Å². The van der Waals surface area contributed by atoms with Gasteiger partial charge in [0.15, 0.2) is 0 Å². The van der Waals surface area contributed by atoms with Crippen molar-refractivity contribution in [2.45, 2.75) is 20.3 Å². The molecule has 1 unspecified atom stereocenters. The molecular weight excluding hydrogens is 538 g/mol. The number of nitrogens with zero attached hydrogens (tertiary/aromatic N) is 4. The summed E-state index contributed by atoms with van der Waals surface area (Å²) < 4.78 is 1.50. The molecule has 9 nitrogen and oxygen atoms in total. The third kappa shape index (κ3) is 6.70. The third-order valence-corrected chi connectivity index (χ3v) is 7.91. The molecule has 0 radical (unpaired) electrons. The monoisotopic (exact) mass is 575 g/mol. The average Bonchev–Trinajstić information content (AvgIpc) is 2.99. The van der Waals surface area contributed by atoms with Gasteiger partial charge in [-0.15, -0.1) is 0 Å². The number of nitrogen functional groups attached to an aromatic ring is 1. The fourth-order valence-electron chi connectivity index (χ4n) is 4.73. The van der Waals surface area contributed by atoms with E-state index in [0.29, 0.717) is 28.1 Å². The molecule has 2 aromatic carbocycles. The smallest absolute Gasteiger partial charge is 0.265 e. The lowest BCUT2D eigenvalue weighted by Crippen LogP contribution is -2.44. The molecule has 0 aliphatic carbocycles. The maximum atomic E-state index is 13.5. The largest absolute Gasteiger partial charge is 0.369 e. The van der Waals surface area contributed by atoms with Crippen molar-refractivity contribution in [3.63, 3.8) is 0 Å². The fourth-order valence-corrected chi connectivity index (χ4v) is 5.01. The lowest BCUT2D eigenvalue weighted by Gasteiger charge is -2.34. The van der Waals surface area contributed by atoms with Gasteiger partial charge in [-0.25, -0.2) is 10.8 Å². The van der Waals surface area contributed by atoms with Crippen LogP contribution in [0.1, 0.15) is 36.2 Å². The summed E-state index contributed by atoms with van der Waals surface area (Å²) in [5.74, 6) is 6.11. The van der Waals surface area contributed by atoms with Gasteiger partial charge < -0.3 is 15.1 Å². The molecule has 0 saturated carbocycles. The average molecular weight is 576 g/mol. The van der Waals surface area contributed by atoms with Crippen LogP contribution in [0.3, 0.4) is 0 Å². The molecule has 1 aliphatic heterocycles. The number of hydrogen-bond donors (Lipinski definition) is 3. The number of anilines is 2. The Morgan fingerprint density at radius 2 is 1.78 bits per heavy atom. The van der Waals surface area contributed by atoms with E-state index in [9.17, 15) is 9.59 Å². The summed E-state index contributed by atoms with van der Waals surface area (Å²) in [5, 5.41) is 3.76. The molecule has 0 spiro atoms. The van der Waals surface area contributed by atoms with E-state index in [-0.39, 0.29) is 16.5 Å². The summed E-state index contributed by atoms with van der Waals surface area (Å²) in [7, 11) is 3.83. The van der Waals surface area contributed by atoms with Crippen molar-refractivity contribution in [3.05, 3.63) is 81.6 Å². The van der Waals surface area contributed by atoms with Gasteiger partial charge in [-0.3, -0.25) is 19.6 Å². The number of hydrogen-bond acceptors (Lipinski definition) is 6. The summed E-state index contributed by atoms with van der Waals surface area (Å²) in [5.41, 5.74) is 5.79. The second-order valence-corrected chi connectivity index (χ2v) is 10.7. The molecule has 0 bridgehead atoms. The van der Waals surface area contributed by atoms with Crippen LogP contribution in [-0.2, 0) is 7.05 Å². The van der Waals surface area contributed by atoms with Gasteiger partial charge in [0.25, 0.3) is 11.5 Å². The van der Waals surface area contributed by atoms with Crippen molar-refractivity contribution in [1.29, 1.82) is 0 Å². The number of halogens is 1. The van der Waals surface area contributed by atoms with E-state index in [2.05, 4.69) is 72.3 Å². The molecule has 1 aliphatic rings. The van der Waals surface area contributed by atoms with Crippen LogP contribution in [0.4, 0.5) is 17.2 Å². The number of rotatable bonds is 8. The number of pyridine rings is 1. The van der Waals surface area contributed by atoms with Gasteiger partial charge in [0.1, 0.15) is 11.7 Å². The molecule has 4 N–H and O–H groups in total. The lowest BCUT2D eigenvalue weighted by atomic mass is 10.0. The maximum absolute atomic E-state index is 13.5. The summed E-state index contributed by atoms with van der Waals surface area (Å²) in [4.78, 5) is 35.1. The van der Waals surface area contributed by atoms with Crippen molar-refractivity contribution in [3.8, 4) is 11.1 Å². The first-order valence-electron chi connectivity index (χ1n) is 13.7. The summed E-state index contributed by atoms with van der Waals surface area (Å²) in [6, 6.07) is 14.8. The predicted molar refractivity (Wildman–Crippen MR) is 170 cm³/mol. The zero-order valence-corrected chi connectivity index (χ0v) is 24.8. The second kappa shape index (κ2) is 13.2. The minimum Gasteiger partial charge on any atom is -0.369 e. The van der Waals surface area contributed by atoms with Crippen LogP contribution in [-0.4, -0.2) is 54.4 Å². The van der Waals surface area contributed by atoms with Crippen LogP contribution in [0, 0.1) is 5.92 Å². The first-order valence-corrected chi connectivity index (χ1v) is 14.1. The van der Waals surface area contributed by atoms with Crippen LogP contribution >= 0.6 is 11.6 Å². The first-order chi connectivity index (χ1) is 19.7. The minimum absolute atomic E-state index is 0.107. The van der Waals surface area contributed by atoms with E-state index in [1.165, 1.54) is 16.3 Å². The van der Waals surface area contributed by atoms with Crippen LogP contribution in [0.25, 0.3) is 17.2 Å². The van der Waals surface area contributed by atoms with Crippen molar-refractivity contribution in [2.75, 3.05) is 43.4 Å². The Balaban J connectivity index is 1.68. The zero-order chi connectivity index (χ0) is 29.7. The number of nitrogens with two attached hydrogens (primary N) is 1. The molecule has 2 heterocycles. The van der Waals surface area contributed by atoms with Crippen LogP contribution in [0.2, 0.25) is 5.02 Å². The van der Waals surface area contributed by atoms with E-state index >= 15 is 0 Å². The summed E-state index contributed by atoms with van der Waals surface area (Å²) in [6.45, 7) is 12.3. The lowest BCUT2D eigenvalue weighted by molar-refractivity contribution is 0.0953. The Hall–Kier alpha value is -3.92. The minimum atomic E-state index is -0.470. The van der Waals surface area contributed by atoms with Crippen molar-refractivity contribution < 1.29 is 4.79 Å². The molecule has 1 amide bonds. The number of carbonyl (C=O) groups is 1. The van der Waals surface area contributed by atoms with Crippen molar-refractivity contribution in [1.82, 2.24) is 14.9 Å². The Labute approximate surface area is 246 Å². The SMILES string of the molecule is C=Cc1cc(-c2ccc(C(=O)NN)cc2Cl)c(=O)n(C)c1N=C(Nc1ccc(N2CCN(C)CC2)cc1)C(C)CC.